The lowest BCUT2D eigenvalue weighted by Crippen LogP contribution is -2.55. The van der Waals surface area contributed by atoms with Crippen LogP contribution in [0, 0.1) is 11.3 Å². The molecule has 1 aliphatic rings. The van der Waals surface area contributed by atoms with E-state index < -0.39 is 23.4 Å². The maximum absolute atomic E-state index is 11.0. The van der Waals surface area contributed by atoms with Crippen LogP contribution in [0.15, 0.2) is 104 Å². The van der Waals surface area contributed by atoms with E-state index in [0.717, 1.165) is 16.7 Å². The van der Waals surface area contributed by atoms with Crippen LogP contribution >= 0.6 is 0 Å². The maximum atomic E-state index is 11.0. The van der Waals surface area contributed by atoms with Crippen molar-refractivity contribution in [2.24, 2.45) is 0 Å². The molecule has 1 fully saturated rings. The van der Waals surface area contributed by atoms with E-state index in [2.05, 4.69) is 21.1 Å². The van der Waals surface area contributed by atoms with Crippen molar-refractivity contribution in [2.75, 3.05) is 12.3 Å². The van der Waals surface area contributed by atoms with E-state index in [0.29, 0.717) is 17.9 Å². The minimum absolute atomic E-state index is 0.149. The summed E-state index contributed by atoms with van der Waals surface area (Å²) in [7, 11) is 0. The summed E-state index contributed by atoms with van der Waals surface area (Å²) in [4.78, 5) is 8.49. The Morgan fingerprint density at radius 1 is 0.884 bits per heavy atom. The van der Waals surface area contributed by atoms with Crippen LogP contribution in [-0.4, -0.2) is 44.0 Å². The lowest BCUT2D eigenvalue weighted by Gasteiger charge is -2.39. The number of nitrogen functional groups attached to an aromatic ring is 1. The summed E-state index contributed by atoms with van der Waals surface area (Å²) in [5.41, 5.74) is 6.66. The molecule has 0 bridgehead atoms. The van der Waals surface area contributed by atoms with Gasteiger partial charge >= 0.3 is 0 Å². The largest absolute Gasteiger partial charge is 0.381 e. The maximum Gasteiger partial charge on any atom is 0.230 e. The number of imidazole rings is 1. The number of fused-ring (bicyclic) bond motifs is 1. The molecular formula is C33H32N6O4. The van der Waals surface area contributed by atoms with Gasteiger partial charge in [0.05, 0.1) is 32.6 Å². The Balaban J connectivity index is 1.41. The first-order valence-electron chi connectivity index (χ1n) is 14.0. The molecule has 10 heteroatoms. The highest BCUT2D eigenvalue weighted by atomic mass is 16.6. The molecule has 218 valence electrons. The van der Waals surface area contributed by atoms with Crippen molar-refractivity contribution < 1.29 is 18.9 Å². The SMILES string of the molecule is C[C@@]1(OCc2ccccc2)[C@H](OCc2ccccc2)[C@@H](COCc2ccccc2)OC1(C#N)c1cnc2c(N)ncnn12. The summed E-state index contributed by atoms with van der Waals surface area (Å²) in [6.45, 7) is 2.84. The number of hydrogen-bond acceptors (Lipinski definition) is 9. The van der Waals surface area contributed by atoms with Gasteiger partial charge in [0, 0.05) is 0 Å². The third kappa shape index (κ3) is 5.47. The van der Waals surface area contributed by atoms with Crippen molar-refractivity contribution >= 4 is 11.5 Å². The lowest BCUT2D eigenvalue weighted by atomic mass is 9.79. The minimum atomic E-state index is -1.70. The van der Waals surface area contributed by atoms with Crippen molar-refractivity contribution in [3.8, 4) is 6.07 Å². The zero-order valence-corrected chi connectivity index (χ0v) is 23.7. The second-order valence-corrected chi connectivity index (χ2v) is 10.6. The van der Waals surface area contributed by atoms with Crippen molar-refractivity contribution in [1.82, 2.24) is 19.6 Å². The van der Waals surface area contributed by atoms with Crippen LogP contribution in [0.5, 0.6) is 0 Å². The molecule has 4 atom stereocenters. The highest BCUT2D eigenvalue weighted by molar-refractivity contribution is 5.59. The predicted molar refractivity (Wildman–Crippen MR) is 158 cm³/mol. The van der Waals surface area contributed by atoms with Gasteiger partial charge in [-0.3, -0.25) is 0 Å². The van der Waals surface area contributed by atoms with Crippen LogP contribution in [0.25, 0.3) is 5.65 Å². The number of nitrogens with two attached hydrogens (primary N) is 1. The van der Waals surface area contributed by atoms with Gasteiger partial charge in [0.1, 0.15) is 35.9 Å². The fourth-order valence-electron chi connectivity index (χ4n) is 5.55. The number of aromatic nitrogens is 4. The monoisotopic (exact) mass is 576 g/mol. The van der Waals surface area contributed by atoms with E-state index in [9.17, 15) is 5.26 Å². The summed E-state index contributed by atoms with van der Waals surface area (Å²) in [6, 6.07) is 31.9. The van der Waals surface area contributed by atoms with Gasteiger partial charge in [-0.25, -0.2) is 14.5 Å². The van der Waals surface area contributed by atoms with Gasteiger partial charge in [-0.2, -0.15) is 10.4 Å². The molecule has 43 heavy (non-hydrogen) atoms. The van der Waals surface area contributed by atoms with Crippen molar-refractivity contribution in [3.05, 3.63) is 126 Å². The van der Waals surface area contributed by atoms with Crippen molar-refractivity contribution in [1.29, 1.82) is 5.26 Å². The molecule has 0 aliphatic carbocycles. The average molecular weight is 577 g/mol. The predicted octanol–water partition coefficient (Wildman–Crippen LogP) is 4.60. The summed E-state index contributed by atoms with van der Waals surface area (Å²) in [5, 5.41) is 15.4. The Kier molecular flexibility index (Phi) is 8.13. The number of nitrogens with zero attached hydrogens (tertiary/aromatic N) is 5. The standard InChI is InChI=1S/C33H32N6O4/c1-32(42-20-26-15-9-4-10-16-26)29(41-19-25-13-7-3-8-14-25)27(21-40-18-24-11-5-2-6-12-24)43-33(32,22-34)28-17-36-31-30(35)37-23-38-39(28)31/h2-17,23,27,29H,18-21H2,1H3,(H2,35,37,38)/t27-,29-,32-,33?/m1/s1. The fourth-order valence-corrected chi connectivity index (χ4v) is 5.55. The molecule has 1 saturated heterocycles. The molecule has 1 aliphatic heterocycles. The number of anilines is 1. The Hall–Kier alpha value is -4.66. The van der Waals surface area contributed by atoms with Gasteiger partial charge in [-0.1, -0.05) is 91.0 Å². The van der Waals surface area contributed by atoms with E-state index in [-0.39, 0.29) is 25.6 Å². The summed E-state index contributed by atoms with van der Waals surface area (Å²) < 4.78 is 27.8. The summed E-state index contributed by atoms with van der Waals surface area (Å²) in [5.74, 6) is 0.180. The third-order valence-corrected chi connectivity index (χ3v) is 7.80. The third-order valence-electron chi connectivity index (χ3n) is 7.80. The molecule has 2 N–H and O–H groups in total. The Morgan fingerprint density at radius 3 is 2.12 bits per heavy atom. The second-order valence-electron chi connectivity index (χ2n) is 10.6. The summed E-state index contributed by atoms with van der Waals surface area (Å²) >= 11 is 0. The van der Waals surface area contributed by atoms with Crippen LogP contribution in [0.3, 0.4) is 0 Å². The number of nitriles is 1. The highest BCUT2D eigenvalue weighted by Crippen LogP contribution is 2.51. The number of ether oxygens (including phenoxy) is 4. The second kappa shape index (κ2) is 12.3. The molecule has 3 aromatic carbocycles. The van der Waals surface area contributed by atoms with Crippen molar-refractivity contribution in [2.45, 2.75) is 50.2 Å². The molecule has 5 aromatic rings. The topological polar surface area (TPSA) is 130 Å². The number of benzene rings is 3. The first kappa shape index (κ1) is 28.5. The van der Waals surface area contributed by atoms with Gasteiger partial charge < -0.3 is 24.7 Å². The average Bonchev–Trinajstić information content (AvgIpc) is 3.59. The zero-order valence-electron chi connectivity index (χ0n) is 23.7. The molecule has 2 aromatic heterocycles. The van der Waals surface area contributed by atoms with Crippen LogP contribution in [-0.2, 0) is 44.4 Å². The van der Waals surface area contributed by atoms with Gasteiger partial charge in [0.2, 0.25) is 5.60 Å². The molecular weight excluding hydrogens is 544 g/mol. The van der Waals surface area contributed by atoms with E-state index in [1.807, 2.05) is 97.9 Å². The molecule has 10 nitrogen and oxygen atoms in total. The molecule has 1 unspecified atom stereocenters. The Bertz CT molecular complexity index is 1690. The van der Waals surface area contributed by atoms with Gasteiger partial charge in [0.25, 0.3) is 0 Å². The quantitative estimate of drug-likeness (QED) is 0.240. The highest BCUT2D eigenvalue weighted by Gasteiger charge is 2.68. The molecule has 6 rings (SSSR count). The molecule has 0 amide bonds. The van der Waals surface area contributed by atoms with E-state index >= 15 is 0 Å². The Labute approximate surface area is 249 Å². The molecule has 0 radical (unpaired) electrons. The lowest BCUT2D eigenvalue weighted by molar-refractivity contribution is -0.168. The fraction of sp³-hybridized carbons (Fsp3) is 0.273. The number of hydrogen-bond donors (Lipinski definition) is 1. The first-order valence-corrected chi connectivity index (χ1v) is 14.0. The molecule has 0 saturated carbocycles. The smallest absolute Gasteiger partial charge is 0.230 e. The van der Waals surface area contributed by atoms with Crippen LogP contribution < -0.4 is 5.73 Å². The van der Waals surface area contributed by atoms with E-state index in [1.54, 1.807) is 0 Å². The molecule has 3 heterocycles. The normalized spacial score (nSPS) is 23.3. The summed E-state index contributed by atoms with van der Waals surface area (Å²) in [6.07, 6.45) is 1.45. The molecule has 0 spiro atoms. The van der Waals surface area contributed by atoms with Crippen LogP contribution in [0.2, 0.25) is 0 Å². The minimum Gasteiger partial charge on any atom is -0.381 e. The van der Waals surface area contributed by atoms with Crippen molar-refractivity contribution in [3.63, 3.8) is 0 Å². The van der Waals surface area contributed by atoms with Gasteiger partial charge in [-0.05, 0) is 23.6 Å². The van der Waals surface area contributed by atoms with Gasteiger partial charge in [-0.15, -0.1) is 0 Å². The van der Waals surface area contributed by atoms with Gasteiger partial charge in [0.15, 0.2) is 11.5 Å². The van der Waals surface area contributed by atoms with E-state index in [1.165, 1.54) is 17.0 Å². The van der Waals surface area contributed by atoms with E-state index in [4.69, 9.17) is 24.7 Å². The zero-order chi connectivity index (χ0) is 29.7. The first-order chi connectivity index (χ1) is 21.0. The van der Waals surface area contributed by atoms with Crippen LogP contribution in [0.1, 0.15) is 29.3 Å². The Morgan fingerprint density at radius 2 is 1.49 bits per heavy atom. The van der Waals surface area contributed by atoms with Crippen LogP contribution in [0.4, 0.5) is 5.82 Å². The number of rotatable bonds is 11.